The zero-order valence-corrected chi connectivity index (χ0v) is 28.4. The number of nitrogens with zero attached hydrogens (tertiary/aromatic N) is 4. The van der Waals surface area contributed by atoms with Crippen LogP contribution >= 0.6 is 23.2 Å². The molecule has 252 valence electrons. The number of pyridine rings is 1. The quantitative estimate of drug-likeness (QED) is 0.140. The molecule has 3 aromatic heterocycles. The summed E-state index contributed by atoms with van der Waals surface area (Å²) in [5.41, 5.74) is 7.22. The first-order valence-electron chi connectivity index (χ1n) is 16.3. The van der Waals surface area contributed by atoms with Crippen LogP contribution in [0.5, 0.6) is 5.88 Å². The number of rotatable bonds is 12. The van der Waals surface area contributed by atoms with E-state index in [0.717, 1.165) is 57.4 Å². The molecule has 5 heterocycles. The lowest BCUT2D eigenvalue weighted by molar-refractivity contribution is -0.120. The van der Waals surface area contributed by atoms with E-state index in [9.17, 15) is 9.59 Å². The highest BCUT2D eigenvalue weighted by atomic mass is 35.5. The molecule has 49 heavy (non-hydrogen) atoms. The predicted octanol–water partition coefficient (Wildman–Crippen LogP) is 5.18. The van der Waals surface area contributed by atoms with E-state index >= 15 is 0 Å². The van der Waals surface area contributed by atoms with Crippen LogP contribution < -0.4 is 26.0 Å². The summed E-state index contributed by atoms with van der Waals surface area (Å²) in [4.78, 5) is 32.5. The van der Waals surface area contributed by atoms with Crippen LogP contribution in [0, 0.1) is 0 Å². The minimum Gasteiger partial charge on any atom is -0.481 e. The Labute approximate surface area is 293 Å². The molecule has 2 amide bonds. The van der Waals surface area contributed by atoms with E-state index in [1.807, 2.05) is 54.7 Å². The average Bonchev–Trinajstić information content (AvgIpc) is 3.84. The highest BCUT2D eigenvalue weighted by molar-refractivity contribution is 6.39. The second-order valence-corrected chi connectivity index (χ2v) is 13.1. The standard InChI is InChI=1S/C36H36Cl2N8O3/c1-49-36-21(14-39-18-24-9-12-31(47)43-24)8-11-30(45-36)29-7-3-6-28(34(29)38)27-5-2-4-26(33(27)37)23-16-41-35-22(17-42-46(35)20-23)15-40-19-25-10-13-32(48)44-25/h2-8,11,16-17,20,24-25,39-40H,9-10,12-15,18-19H2,1H3,(H,43,47)(H,44,48)/t24-,25-/m0/s1. The summed E-state index contributed by atoms with van der Waals surface area (Å²) in [5, 5.41) is 18.4. The minimum atomic E-state index is 0.0995. The van der Waals surface area contributed by atoms with Gasteiger partial charge in [-0.25, -0.2) is 14.5 Å². The number of fused-ring (bicyclic) bond motifs is 1. The Morgan fingerprint density at radius 3 is 2.06 bits per heavy atom. The normalized spacial score (nSPS) is 17.4. The minimum absolute atomic E-state index is 0.0995. The first kappa shape index (κ1) is 33.0. The molecule has 2 aliphatic rings. The van der Waals surface area contributed by atoms with Gasteiger partial charge in [-0.05, 0) is 18.9 Å². The molecule has 13 heteroatoms. The Balaban J connectivity index is 1.09. The molecule has 2 fully saturated rings. The fourth-order valence-corrected chi connectivity index (χ4v) is 7.10. The van der Waals surface area contributed by atoms with Gasteiger partial charge in [-0.15, -0.1) is 0 Å². The van der Waals surface area contributed by atoms with Crippen molar-refractivity contribution in [3.63, 3.8) is 0 Å². The summed E-state index contributed by atoms with van der Waals surface area (Å²) >= 11 is 14.2. The fraction of sp³-hybridized carbons (Fsp3) is 0.306. The molecule has 0 aliphatic carbocycles. The lowest BCUT2D eigenvalue weighted by atomic mass is 9.97. The zero-order valence-electron chi connectivity index (χ0n) is 26.9. The number of benzene rings is 2. The highest BCUT2D eigenvalue weighted by Gasteiger charge is 2.22. The lowest BCUT2D eigenvalue weighted by Crippen LogP contribution is -2.35. The number of aromatic nitrogens is 4. The van der Waals surface area contributed by atoms with Crippen LogP contribution in [-0.4, -0.2) is 63.7 Å². The van der Waals surface area contributed by atoms with Crippen LogP contribution in [0.3, 0.4) is 0 Å². The number of amides is 2. The van der Waals surface area contributed by atoms with Gasteiger partial charge in [0.1, 0.15) is 0 Å². The third-order valence-electron chi connectivity index (χ3n) is 9.02. The number of carbonyl (C=O) groups excluding carboxylic acids is 2. The van der Waals surface area contributed by atoms with Crippen LogP contribution in [0.25, 0.3) is 39.2 Å². The van der Waals surface area contributed by atoms with Crippen LogP contribution in [0.2, 0.25) is 10.0 Å². The van der Waals surface area contributed by atoms with E-state index in [1.54, 1.807) is 24.0 Å². The molecular weight excluding hydrogens is 663 g/mol. The van der Waals surface area contributed by atoms with Gasteiger partial charge in [0, 0.05) is 102 Å². The first-order valence-corrected chi connectivity index (χ1v) is 17.1. The Morgan fingerprint density at radius 1 is 0.816 bits per heavy atom. The maximum absolute atomic E-state index is 11.5. The second kappa shape index (κ2) is 14.5. The Morgan fingerprint density at radius 2 is 1.43 bits per heavy atom. The number of methoxy groups -OCH3 is 1. The monoisotopic (exact) mass is 698 g/mol. The maximum atomic E-state index is 11.5. The molecule has 4 N–H and O–H groups in total. The molecule has 2 aromatic carbocycles. The maximum Gasteiger partial charge on any atom is 0.220 e. The van der Waals surface area contributed by atoms with Crippen molar-refractivity contribution in [2.75, 3.05) is 20.2 Å². The van der Waals surface area contributed by atoms with Crippen molar-refractivity contribution in [2.24, 2.45) is 0 Å². The smallest absolute Gasteiger partial charge is 0.220 e. The number of hydrogen-bond donors (Lipinski definition) is 4. The molecule has 0 radical (unpaired) electrons. The topological polar surface area (TPSA) is 135 Å². The fourth-order valence-electron chi connectivity index (χ4n) is 6.44. The Hall–Kier alpha value is -4.55. The lowest BCUT2D eigenvalue weighted by Gasteiger charge is -2.15. The van der Waals surface area contributed by atoms with Gasteiger partial charge in [-0.1, -0.05) is 65.7 Å². The van der Waals surface area contributed by atoms with Gasteiger partial charge >= 0.3 is 0 Å². The molecule has 5 aromatic rings. The van der Waals surface area contributed by atoms with Gasteiger partial charge in [0.25, 0.3) is 0 Å². The molecule has 11 nitrogen and oxygen atoms in total. The largest absolute Gasteiger partial charge is 0.481 e. The number of halogens is 2. The van der Waals surface area contributed by atoms with Gasteiger partial charge in [0.05, 0.1) is 29.0 Å². The SMILES string of the molecule is COc1nc(-c2cccc(-c3cccc(-c4cnc5c(CNC[C@@H]6CCC(=O)N6)cnn5c4)c3Cl)c2Cl)ccc1CNC[C@@H]1CCC(=O)N1. The predicted molar refractivity (Wildman–Crippen MR) is 189 cm³/mol. The van der Waals surface area contributed by atoms with Crippen molar-refractivity contribution in [2.45, 2.75) is 50.9 Å². The molecule has 2 saturated heterocycles. The van der Waals surface area contributed by atoms with E-state index in [1.165, 1.54) is 0 Å². The van der Waals surface area contributed by atoms with Gasteiger partial charge in [0.2, 0.25) is 17.7 Å². The number of ether oxygens (including phenoxy) is 1. The summed E-state index contributed by atoms with van der Waals surface area (Å²) in [6.45, 7) is 2.52. The summed E-state index contributed by atoms with van der Waals surface area (Å²) in [6, 6.07) is 15.9. The number of carbonyl (C=O) groups is 2. The molecule has 2 atom stereocenters. The van der Waals surface area contributed by atoms with Crippen molar-refractivity contribution in [1.82, 2.24) is 40.8 Å². The summed E-state index contributed by atoms with van der Waals surface area (Å²) in [5.74, 6) is 0.711. The van der Waals surface area contributed by atoms with E-state index in [0.29, 0.717) is 60.6 Å². The third-order valence-corrected chi connectivity index (χ3v) is 9.83. The van der Waals surface area contributed by atoms with Gasteiger partial charge in [0.15, 0.2) is 5.65 Å². The van der Waals surface area contributed by atoms with Crippen LogP contribution in [0.1, 0.15) is 36.8 Å². The van der Waals surface area contributed by atoms with Crippen molar-refractivity contribution in [3.8, 4) is 39.4 Å². The van der Waals surface area contributed by atoms with Crippen molar-refractivity contribution < 1.29 is 14.3 Å². The Bertz CT molecular complexity index is 2030. The van der Waals surface area contributed by atoms with Gasteiger partial charge in [-0.3, -0.25) is 9.59 Å². The highest BCUT2D eigenvalue weighted by Crippen LogP contribution is 2.42. The molecule has 2 aliphatic heterocycles. The molecule has 0 bridgehead atoms. The van der Waals surface area contributed by atoms with E-state index in [4.69, 9.17) is 37.9 Å². The van der Waals surface area contributed by atoms with Gasteiger partial charge in [-0.2, -0.15) is 5.10 Å². The Kier molecular flexibility index (Phi) is 9.77. The van der Waals surface area contributed by atoms with E-state index in [-0.39, 0.29) is 23.9 Å². The van der Waals surface area contributed by atoms with Crippen LogP contribution in [0.4, 0.5) is 0 Å². The summed E-state index contributed by atoms with van der Waals surface area (Å²) in [7, 11) is 1.60. The second-order valence-electron chi connectivity index (χ2n) is 12.3. The molecular formula is C36H36Cl2N8O3. The van der Waals surface area contributed by atoms with Crippen molar-refractivity contribution in [3.05, 3.63) is 88.3 Å². The average molecular weight is 700 g/mol. The van der Waals surface area contributed by atoms with Crippen LogP contribution in [-0.2, 0) is 22.7 Å². The third kappa shape index (κ3) is 7.11. The van der Waals surface area contributed by atoms with Crippen LogP contribution in [0.15, 0.2) is 67.1 Å². The van der Waals surface area contributed by atoms with E-state index in [2.05, 4.69) is 26.4 Å². The molecule has 0 spiro atoms. The van der Waals surface area contributed by atoms with Crippen molar-refractivity contribution >= 4 is 40.7 Å². The zero-order chi connectivity index (χ0) is 33.9. The van der Waals surface area contributed by atoms with Crippen molar-refractivity contribution in [1.29, 1.82) is 0 Å². The molecule has 7 rings (SSSR count). The number of hydrogen-bond acceptors (Lipinski definition) is 8. The first-order chi connectivity index (χ1) is 23.9. The summed E-state index contributed by atoms with van der Waals surface area (Å²) < 4.78 is 7.40. The summed E-state index contributed by atoms with van der Waals surface area (Å²) in [6.07, 6.45) is 8.36. The molecule has 0 unspecified atom stereocenters. The molecule has 0 saturated carbocycles. The number of nitrogens with one attached hydrogen (secondary N) is 4. The van der Waals surface area contributed by atoms with Gasteiger partial charge < -0.3 is 26.0 Å². The van der Waals surface area contributed by atoms with E-state index < -0.39 is 0 Å².